The Hall–Kier alpha value is -0.0800. The average Bonchev–Trinajstić information content (AvgIpc) is 2.29. The molecule has 2 heteroatoms. The molecule has 0 aromatic carbocycles. The molecule has 0 aliphatic rings. The van der Waals surface area contributed by atoms with E-state index in [0.29, 0.717) is 4.65 Å². The zero-order valence-corrected chi connectivity index (χ0v) is 13.3. The summed E-state index contributed by atoms with van der Waals surface area (Å²) in [6, 6.07) is 0. The van der Waals surface area contributed by atoms with Gasteiger partial charge in [0.1, 0.15) is 6.61 Å². The number of hydrogen-bond acceptors (Lipinski definition) is 1. The van der Waals surface area contributed by atoms with Crippen molar-refractivity contribution >= 4 is 0 Å². The van der Waals surface area contributed by atoms with Gasteiger partial charge in [0.25, 0.3) is 0 Å². The Balaban J connectivity index is 2.99. The lowest BCUT2D eigenvalue weighted by atomic mass is 10.1. The number of quaternary nitrogens is 1. The van der Waals surface area contributed by atoms with Crippen LogP contribution in [-0.2, 0) is 4.84 Å². The minimum atomic E-state index is 0.623. The van der Waals surface area contributed by atoms with Crippen LogP contribution in [0.2, 0.25) is 0 Å². The van der Waals surface area contributed by atoms with Gasteiger partial charge in [-0.05, 0) is 6.42 Å². The first-order chi connectivity index (χ1) is 8.56. The Kier molecular flexibility index (Phi) is 11.9. The number of hydrogen-bond donors (Lipinski definition) is 0. The third-order valence-corrected chi connectivity index (χ3v) is 3.23. The highest BCUT2D eigenvalue weighted by atomic mass is 16.7. The first kappa shape index (κ1) is 17.9. The van der Waals surface area contributed by atoms with Gasteiger partial charge in [-0.1, -0.05) is 71.1 Å². The third kappa shape index (κ3) is 15.9. The van der Waals surface area contributed by atoms with Crippen LogP contribution in [-0.4, -0.2) is 32.4 Å². The number of unbranched alkanes of at least 4 members (excludes halogenated alkanes) is 10. The van der Waals surface area contributed by atoms with E-state index in [0.717, 1.165) is 6.61 Å². The monoisotopic (exact) mass is 258 g/mol. The number of nitrogens with zero attached hydrogens (tertiary/aromatic N) is 1. The first-order valence-corrected chi connectivity index (χ1v) is 8.02. The summed E-state index contributed by atoms with van der Waals surface area (Å²) in [6.07, 6.45) is 15.3. The smallest absolute Gasteiger partial charge is 0.106 e. The van der Waals surface area contributed by atoms with Crippen molar-refractivity contribution in [3.05, 3.63) is 0 Å². The minimum Gasteiger partial charge on any atom is -0.204 e. The molecule has 0 saturated heterocycles. The maximum atomic E-state index is 5.65. The largest absolute Gasteiger partial charge is 0.204 e. The second-order valence-electron chi connectivity index (χ2n) is 6.26. The molecule has 0 atom stereocenters. The first-order valence-electron chi connectivity index (χ1n) is 8.02. The fourth-order valence-electron chi connectivity index (χ4n) is 2.10. The highest BCUT2D eigenvalue weighted by Crippen LogP contribution is 2.11. The lowest BCUT2D eigenvalue weighted by Gasteiger charge is -2.20. The van der Waals surface area contributed by atoms with E-state index in [1.165, 1.54) is 70.6 Å². The SMILES string of the molecule is CCCCCCCCCCCCCO[N+](C)(C)C. The van der Waals surface area contributed by atoms with Gasteiger partial charge in [-0.3, -0.25) is 0 Å². The van der Waals surface area contributed by atoms with Gasteiger partial charge in [0, 0.05) is 0 Å². The van der Waals surface area contributed by atoms with E-state index in [-0.39, 0.29) is 0 Å². The molecule has 0 heterocycles. The fraction of sp³-hybridized carbons (Fsp3) is 1.00. The van der Waals surface area contributed by atoms with Gasteiger partial charge in [0.05, 0.1) is 21.1 Å². The third-order valence-electron chi connectivity index (χ3n) is 3.23. The zero-order chi connectivity index (χ0) is 13.7. The van der Waals surface area contributed by atoms with Crippen molar-refractivity contribution in [3.8, 4) is 0 Å². The average molecular weight is 258 g/mol. The molecular formula is C16H36NO+. The lowest BCUT2D eigenvalue weighted by molar-refractivity contribution is -1.06. The van der Waals surface area contributed by atoms with Crippen LogP contribution in [0.4, 0.5) is 0 Å². The summed E-state index contributed by atoms with van der Waals surface area (Å²) in [5.74, 6) is 0. The van der Waals surface area contributed by atoms with Crippen LogP contribution in [0.25, 0.3) is 0 Å². The molecule has 0 rings (SSSR count). The summed E-state index contributed by atoms with van der Waals surface area (Å²) in [7, 11) is 6.20. The standard InChI is InChI=1S/C16H36NO/c1-5-6-7-8-9-10-11-12-13-14-15-16-18-17(2,3)4/h5-16H2,1-4H3/q+1. The van der Waals surface area contributed by atoms with Gasteiger partial charge >= 0.3 is 0 Å². The van der Waals surface area contributed by atoms with E-state index in [2.05, 4.69) is 28.1 Å². The summed E-state index contributed by atoms with van der Waals surface area (Å²) >= 11 is 0. The van der Waals surface area contributed by atoms with Crippen molar-refractivity contribution in [2.24, 2.45) is 0 Å². The quantitative estimate of drug-likeness (QED) is 0.258. The van der Waals surface area contributed by atoms with Gasteiger partial charge < -0.3 is 0 Å². The van der Waals surface area contributed by atoms with Gasteiger partial charge in [0.15, 0.2) is 0 Å². The van der Waals surface area contributed by atoms with E-state index < -0.39 is 0 Å². The van der Waals surface area contributed by atoms with Crippen LogP contribution in [0.5, 0.6) is 0 Å². The maximum Gasteiger partial charge on any atom is 0.106 e. The summed E-state index contributed by atoms with van der Waals surface area (Å²) in [6.45, 7) is 3.18. The molecule has 0 aliphatic heterocycles. The molecule has 0 amide bonds. The number of hydroxylamine groups is 3. The van der Waals surface area contributed by atoms with Gasteiger partial charge in [-0.25, -0.2) is 4.84 Å². The Morgan fingerprint density at radius 3 is 1.39 bits per heavy atom. The predicted octanol–water partition coefficient (Wildman–Crippen LogP) is 4.94. The van der Waals surface area contributed by atoms with Crippen molar-refractivity contribution in [1.82, 2.24) is 0 Å². The molecule has 0 saturated carbocycles. The van der Waals surface area contributed by atoms with Gasteiger partial charge in [0.2, 0.25) is 0 Å². The fourth-order valence-corrected chi connectivity index (χ4v) is 2.10. The van der Waals surface area contributed by atoms with Gasteiger partial charge in [-0.15, -0.1) is 0 Å². The van der Waals surface area contributed by atoms with Crippen LogP contribution < -0.4 is 0 Å². The van der Waals surface area contributed by atoms with Crippen molar-refractivity contribution in [3.63, 3.8) is 0 Å². The Labute approximate surface area is 115 Å². The molecule has 0 spiro atoms. The normalized spacial score (nSPS) is 12.0. The van der Waals surface area contributed by atoms with E-state index in [9.17, 15) is 0 Å². The summed E-state index contributed by atoms with van der Waals surface area (Å²) in [5, 5.41) is 0. The van der Waals surface area contributed by atoms with Crippen LogP contribution in [0.3, 0.4) is 0 Å². The summed E-state index contributed by atoms with van der Waals surface area (Å²) < 4.78 is 0.623. The molecule has 0 radical (unpaired) electrons. The van der Waals surface area contributed by atoms with Crippen LogP contribution in [0.15, 0.2) is 0 Å². The zero-order valence-electron chi connectivity index (χ0n) is 13.3. The van der Waals surface area contributed by atoms with Crippen LogP contribution in [0.1, 0.15) is 77.6 Å². The van der Waals surface area contributed by atoms with Crippen molar-refractivity contribution < 1.29 is 9.48 Å². The predicted molar refractivity (Wildman–Crippen MR) is 80.4 cm³/mol. The molecule has 2 nitrogen and oxygen atoms in total. The molecule has 0 aromatic rings. The Morgan fingerprint density at radius 1 is 0.611 bits per heavy atom. The summed E-state index contributed by atoms with van der Waals surface area (Å²) in [5.41, 5.74) is 0. The minimum absolute atomic E-state index is 0.623. The lowest BCUT2D eigenvalue weighted by Crippen LogP contribution is -2.34. The topological polar surface area (TPSA) is 9.23 Å². The Morgan fingerprint density at radius 2 is 1.00 bits per heavy atom. The second-order valence-corrected chi connectivity index (χ2v) is 6.26. The maximum absolute atomic E-state index is 5.65. The molecule has 0 aliphatic carbocycles. The van der Waals surface area contributed by atoms with Crippen LogP contribution in [0, 0.1) is 0 Å². The number of rotatable bonds is 13. The van der Waals surface area contributed by atoms with E-state index in [1.807, 2.05) is 0 Å². The molecule has 18 heavy (non-hydrogen) atoms. The second kappa shape index (κ2) is 12.0. The van der Waals surface area contributed by atoms with E-state index >= 15 is 0 Å². The van der Waals surface area contributed by atoms with Crippen molar-refractivity contribution in [1.29, 1.82) is 0 Å². The molecule has 0 unspecified atom stereocenters. The van der Waals surface area contributed by atoms with E-state index in [4.69, 9.17) is 4.84 Å². The Bertz CT molecular complexity index is 163. The summed E-state index contributed by atoms with van der Waals surface area (Å²) in [4.78, 5) is 5.65. The molecule has 0 aromatic heterocycles. The van der Waals surface area contributed by atoms with Gasteiger partial charge in [-0.2, -0.15) is 4.65 Å². The van der Waals surface area contributed by atoms with Crippen LogP contribution >= 0.6 is 0 Å². The molecular weight excluding hydrogens is 222 g/mol. The highest BCUT2D eigenvalue weighted by Gasteiger charge is 2.06. The molecule has 0 bridgehead atoms. The molecule has 0 fully saturated rings. The molecule has 0 N–H and O–H groups in total. The van der Waals surface area contributed by atoms with E-state index in [1.54, 1.807) is 0 Å². The highest BCUT2D eigenvalue weighted by molar-refractivity contribution is 4.47. The van der Waals surface area contributed by atoms with Crippen molar-refractivity contribution in [2.45, 2.75) is 77.6 Å². The van der Waals surface area contributed by atoms with Crippen molar-refractivity contribution in [2.75, 3.05) is 27.7 Å². The molecule has 110 valence electrons.